The first kappa shape index (κ1) is 28.6. The van der Waals surface area contributed by atoms with Gasteiger partial charge in [0.25, 0.3) is 0 Å². The molecule has 4 aromatic rings. The summed E-state index contributed by atoms with van der Waals surface area (Å²) in [5, 5.41) is 9.84. The zero-order valence-electron chi connectivity index (χ0n) is 22.6. The number of ketones is 1. The fourth-order valence-corrected chi connectivity index (χ4v) is 8.11. The molecule has 3 heterocycles. The number of allylic oxidation sites excluding steroid dienone is 1. The van der Waals surface area contributed by atoms with Gasteiger partial charge in [0.1, 0.15) is 16.8 Å². The highest BCUT2D eigenvalue weighted by Crippen LogP contribution is 2.51. The van der Waals surface area contributed by atoms with E-state index in [0.29, 0.717) is 41.4 Å². The zero-order chi connectivity index (χ0) is 29.8. The first-order valence-electron chi connectivity index (χ1n) is 13.3. The molecule has 3 aromatic heterocycles. The minimum atomic E-state index is -4.67. The number of hydrogen-bond donors (Lipinski definition) is 0. The second kappa shape index (κ2) is 10.7. The van der Waals surface area contributed by atoms with Crippen LogP contribution >= 0.6 is 11.3 Å². The van der Waals surface area contributed by atoms with Gasteiger partial charge in [-0.05, 0) is 67.7 Å². The van der Waals surface area contributed by atoms with Crippen molar-refractivity contribution in [1.29, 1.82) is 0 Å². The van der Waals surface area contributed by atoms with E-state index in [1.165, 1.54) is 12.1 Å². The number of Topliss-reactive ketones (excluding diaryl/α,β-unsaturated/α-hetero) is 1. The lowest BCUT2D eigenvalue weighted by molar-refractivity contribution is -0.140. The molecule has 2 aliphatic rings. The number of rotatable bonds is 7. The van der Waals surface area contributed by atoms with Gasteiger partial charge in [-0.3, -0.25) is 9.48 Å². The van der Waals surface area contributed by atoms with Crippen LogP contribution in [0.15, 0.2) is 58.7 Å². The lowest BCUT2D eigenvalue weighted by Gasteiger charge is -2.46. The average Bonchev–Trinajstić information content (AvgIpc) is 3.72. The summed E-state index contributed by atoms with van der Waals surface area (Å²) < 4.78 is 72.5. The van der Waals surface area contributed by atoms with Crippen molar-refractivity contribution in [2.45, 2.75) is 49.9 Å². The number of aryl methyl sites for hydroxylation is 1. The Morgan fingerprint density at radius 3 is 2.64 bits per heavy atom. The number of carbonyl (C=O) groups is 1. The van der Waals surface area contributed by atoms with Crippen molar-refractivity contribution in [2.24, 2.45) is 12.5 Å². The quantitative estimate of drug-likeness (QED) is 0.198. The average molecular weight is 619 g/mol. The number of hydrogen-bond acceptors (Lipinski definition) is 6. The zero-order valence-corrected chi connectivity index (χ0v) is 24.3. The molecule has 3 unspecified atom stereocenters. The van der Waals surface area contributed by atoms with Crippen LogP contribution in [0.1, 0.15) is 52.9 Å². The van der Waals surface area contributed by atoms with Crippen LogP contribution in [0.5, 0.6) is 0 Å². The lowest BCUT2D eigenvalue weighted by atomic mass is 9.61. The standard InChI is InChI=1S/C28H26F4N6O2S2/c1-3-37(42(40)24-10-11-36(2)35-24)21-7-4-18-12-22-17(15-33-38(22)20-8-5-19(29)6-9-20)13-27(18,14-21)25(39)26-34-23(16-41-26)28(30,31)32/h5-6,8-12,15-16,21H,3-4,7,13-14H2,1-2H3. The molecule has 0 aliphatic heterocycles. The van der Waals surface area contributed by atoms with Crippen LogP contribution < -0.4 is 0 Å². The maximum atomic E-state index is 14.3. The molecule has 2 aliphatic carbocycles. The molecule has 1 fully saturated rings. The third-order valence-electron chi connectivity index (χ3n) is 7.93. The highest BCUT2D eigenvalue weighted by atomic mass is 32.2. The largest absolute Gasteiger partial charge is 0.434 e. The van der Waals surface area contributed by atoms with Gasteiger partial charge in [-0.15, -0.1) is 11.3 Å². The van der Waals surface area contributed by atoms with Crippen LogP contribution in [-0.2, 0) is 30.6 Å². The number of aromatic nitrogens is 5. The van der Waals surface area contributed by atoms with E-state index < -0.39 is 34.1 Å². The van der Waals surface area contributed by atoms with Gasteiger partial charge < -0.3 is 0 Å². The summed E-state index contributed by atoms with van der Waals surface area (Å²) in [7, 11) is 0.134. The molecule has 0 radical (unpaired) electrons. The number of thiazole rings is 1. The van der Waals surface area contributed by atoms with Crippen molar-refractivity contribution in [1.82, 2.24) is 28.9 Å². The van der Waals surface area contributed by atoms with E-state index in [9.17, 15) is 26.6 Å². The van der Waals surface area contributed by atoms with E-state index >= 15 is 0 Å². The molecule has 0 amide bonds. The Balaban J connectivity index is 1.42. The molecule has 0 spiro atoms. The summed E-state index contributed by atoms with van der Waals surface area (Å²) in [4.78, 5) is 18.0. The summed E-state index contributed by atoms with van der Waals surface area (Å²) in [6.45, 7) is 2.29. The fourth-order valence-electron chi connectivity index (χ4n) is 5.95. The summed E-state index contributed by atoms with van der Waals surface area (Å²) in [5.41, 5.74) is 0.576. The van der Waals surface area contributed by atoms with Crippen LogP contribution in [0.2, 0.25) is 0 Å². The van der Waals surface area contributed by atoms with E-state index in [1.54, 1.807) is 51.3 Å². The maximum absolute atomic E-state index is 14.3. The molecule has 0 bridgehead atoms. The monoisotopic (exact) mass is 618 g/mol. The minimum absolute atomic E-state index is 0.194. The van der Waals surface area contributed by atoms with Crippen LogP contribution in [-0.4, -0.2) is 51.4 Å². The Labute approximate surface area is 245 Å². The summed E-state index contributed by atoms with van der Waals surface area (Å²) in [5.74, 6) is -0.870. The predicted octanol–water partition coefficient (Wildman–Crippen LogP) is 5.63. The second-order valence-corrected chi connectivity index (χ2v) is 12.7. The van der Waals surface area contributed by atoms with Crippen molar-refractivity contribution >= 4 is 34.2 Å². The topological polar surface area (TPSA) is 85.9 Å². The van der Waals surface area contributed by atoms with E-state index in [4.69, 9.17) is 0 Å². The van der Waals surface area contributed by atoms with Crippen LogP contribution in [0, 0.1) is 11.2 Å². The molecule has 3 atom stereocenters. The summed E-state index contributed by atoms with van der Waals surface area (Å²) >= 11 is 0.684. The molecular weight excluding hydrogens is 592 g/mol. The molecule has 42 heavy (non-hydrogen) atoms. The SMILES string of the molecule is CCN(C1CCC2=Cc3c(cnn3-c3ccc(F)cc3)CC2(C(=O)c2nc(C(F)(F)F)cs2)C1)S(=O)c1ccn(C)n1. The molecule has 14 heteroatoms. The van der Waals surface area contributed by atoms with E-state index in [0.717, 1.165) is 22.2 Å². The van der Waals surface area contributed by atoms with Crippen LogP contribution in [0.4, 0.5) is 17.6 Å². The molecule has 8 nitrogen and oxygen atoms in total. The third-order valence-corrected chi connectivity index (χ3v) is 10.3. The minimum Gasteiger partial charge on any atom is -0.290 e. The number of benzene rings is 1. The van der Waals surface area contributed by atoms with Crippen molar-refractivity contribution < 1.29 is 26.6 Å². The Kier molecular flexibility index (Phi) is 7.26. The van der Waals surface area contributed by atoms with Gasteiger partial charge in [0.2, 0.25) is 5.78 Å². The van der Waals surface area contributed by atoms with Crippen molar-refractivity contribution in [3.05, 3.63) is 81.5 Å². The Bertz CT molecular complexity index is 1710. The van der Waals surface area contributed by atoms with Gasteiger partial charge in [0.15, 0.2) is 15.7 Å². The van der Waals surface area contributed by atoms with Crippen molar-refractivity contribution in [3.8, 4) is 5.69 Å². The van der Waals surface area contributed by atoms with Gasteiger partial charge in [-0.2, -0.15) is 23.4 Å². The molecule has 220 valence electrons. The number of carbonyl (C=O) groups excluding carboxylic acids is 1. The number of alkyl halides is 3. The van der Waals surface area contributed by atoms with E-state index in [1.807, 2.05) is 13.0 Å². The molecule has 0 N–H and O–H groups in total. The van der Waals surface area contributed by atoms with Crippen LogP contribution in [0.25, 0.3) is 11.8 Å². The summed E-state index contributed by atoms with van der Waals surface area (Å²) in [6.07, 6.45) is 2.03. The molecule has 6 rings (SSSR count). The Morgan fingerprint density at radius 2 is 2.00 bits per heavy atom. The maximum Gasteiger partial charge on any atom is 0.434 e. The van der Waals surface area contributed by atoms with E-state index in [-0.39, 0.29) is 29.7 Å². The molecule has 0 saturated heterocycles. The first-order chi connectivity index (χ1) is 20.0. The van der Waals surface area contributed by atoms with Gasteiger partial charge in [0, 0.05) is 31.2 Å². The van der Waals surface area contributed by atoms with Gasteiger partial charge >= 0.3 is 6.18 Å². The highest BCUT2D eigenvalue weighted by molar-refractivity contribution is 7.82. The Morgan fingerprint density at radius 1 is 1.24 bits per heavy atom. The number of nitrogens with zero attached hydrogens (tertiary/aromatic N) is 6. The molecular formula is C28H26F4N6O2S2. The summed E-state index contributed by atoms with van der Waals surface area (Å²) in [6, 6.07) is 7.24. The molecule has 1 saturated carbocycles. The number of halogens is 4. The van der Waals surface area contributed by atoms with E-state index in [2.05, 4.69) is 15.2 Å². The smallest absolute Gasteiger partial charge is 0.290 e. The van der Waals surface area contributed by atoms with Crippen molar-refractivity contribution in [3.63, 3.8) is 0 Å². The van der Waals surface area contributed by atoms with Gasteiger partial charge in [0.05, 0.1) is 23.0 Å². The van der Waals surface area contributed by atoms with Gasteiger partial charge in [-0.1, -0.05) is 12.5 Å². The first-order valence-corrected chi connectivity index (χ1v) is 15.3. The normalized spacial score (nSPS) is 21.1. The lowest BCUT2D eigenvalue weighted by Crippen LogP contribution is -2.49. The highest BCUT2D eigenvalue weighted by Gasteiger charge is 2.51. The van der Waals surface area contributed by atoms with Crippen molar-refractivity contribution in [2.75, 3.05) is 6.54 Å². The van der Waals surface area contributed by atoms with Crippen LogP contribution in [0.3, 0.4) is 0 Å². The number of fused-ring (bicyclic) bond motifs is 2. The third kappa shape index (κ3) is 4.94. The fraction of sp³-hybridized carbons (Fsp3) is 0.357. The second-order valence-electron chi connectivity index (χ2n) is 10.4. The molecule has 1 aromatic carbocycles. The Hall–Kier alpha value is -3.49. The van der Waals surface area contributed by atoms with Gasteiger partial charge in [-0.25, -0.2) is 22.6 Å². The predicted molar refractivity (Wildman–Crippen MR) is 149 cm³/mol.